The minimum Gasteiger partial charge on any atom is -0.321 e. The van der Waals surface area contributed by atoms with Crippen LogP contribution in [0.4, 0.5) is 0 Å². The van der Waals surface area contributed by atoms with Gasteiger partial charge in [0.15, 0.2) is 0 Å². The standard InChI is InChI=1S/C15H28N/c1-14(2)9-13-10-15(3,11-14)12-16(13)7-5-4-6-8-16/h13H,4-12H2,1-3H3/q+1. The molecule has 2 unspecified atom stereocenters. The Morgan fingerprint density at radius 3 is 2.31 bits per heavy atom. The van der Waals surface area contributed by atoms with Gasteiger partial charge in [0, 0.05) is 18.3 Å². The lowest BCUT2D eigenvalue weighted by Gasteiger charge is -2.44. The average molecular weight is 222 g/mol. The van der Waals surface area contributed by atoms with Crippen LogP contribution in [0, 0.1) is 10.8 Å². The van der Waals surface area contributed by atoms with Crippen LogP contribution in [-0.2, 0) is 0 Å². The molecule has 0 aromatic heterocycles. The number of hydrogen-bond acceptors (Lipinski definition) is 0. The monoisotopic (exact) mass is 222 g/mol. The molecule has 2 atom stereocenters. The van der Waals surface area contributed by atoms with Gasteiger partial charge < -0.3 is 4.48 Å². The van der Waals surface area contributed by atoms with Crippen molar-refractivity contribution >= 4 is 0 Å². The molecule has 0 amide bonds. The fraction of sp³-hybridized carbons (Fsp3) is 1.00. The van der Waals surface area contributed by atoms with Crippen molar-refractivity contribution in [1.29, 1.82) is 0 Å². The Morgan fingerprint density at radius 1 is 0.938 bits per heavy atom. The first-order chi connectivity index (χ1) is 7.43. The molecule has 1 heteroatoms. The lowest BCUT2D eigenvalue weighted by molar-refractivity contribution is -0.945. The summed E-state index contributed by atoms with van der Waals surface area (Å²) in [4.78, 5) is 0. The minimum atomic E-state index is 0.608. The normalized spacial score (nSPS) is 44.8. The molecule has 2 bridgehead atoms. The van der Waals surface area contributed by atoms with Crippen molar-refractivity contribution in [3.05, 3.63) is 0 Å². The van der Waals surface area contributed by atoms with Crippen LogP contribution >= 0.6 is 0 Å². The van der Waals surface area contributed by atoms with E-state index in [1.807, 2.05) is 0 Å². The Kier molecular flexibility index (Phi) is 2.25. The van der Waals surface area contributed by atoms with Gasteiger partial charge in [-0.25, -0.2) is 0 Å². The molecule has 0 radical (unpaired) electrons. The molecular weight excluding hydrogens is 194 g/mol. The Morgan fingerprint density at radius 2 is 1.62 bits per heavy atom. The summed E-state index contributed by atoms with van der Waals surface area (Å²) < 4.78 is 1.51. The summed E-state index contributed by atoms with van der Waals surface area (Å²) >= 11 is 0. The Balaban J connectivity index is 1.89. The van der Waals surface area contributed by atoms with E-state index >= 15 is 0 Å². The number of quaternary nitrogens is 1. The van der Waals surface area contributed by atoms with Gasteiger partial charge in [0.2, 0.25) is 0 Å². The topological polar surface area (TPSA) is 0 Å². The average Bonchev–Trinajstić information content (AvgIpc) is 2.33. The minimum absolute atomic E-state index is 0.608. The van der Waals surface area contributed by atoms with E-state index in [1.54, 1.807) is 0 Å². The maximum absolute atomic E-state index is 2.57. The Bertz CT molecular complexity index is 288. The Labute approximate surface area is 101 Å². The van der Waals surface area contributed by atoms with Gasteiger partial charge in [-0.05, 0) is 31.1 Å². The van der Waals surface area contributed by atoms with Crippen LogP contribution in [-0.4, -0.2) is 30.2 Å². The van der Waals surface area contributed by atoms with E-state index < -0.39 is 0 Å². The first kappa shape index (κ1) is 11.1. The summed E-state index contributed by atoms with van der Waals surface area (Å²) in [5.74, 6) is 0. The van der Waals surface area contributed by atoms with Crippen LogP contribution in [0.5, 0.6) is 0 Å². The third-order valence-corrected chi connectivity index (χ3v) is 5.60. The zero-order valence-electron chi connectivity index (χ0n) is 11.4. The van der Waals surface area contributed by atoms with E-state index in [9.17, 15) is 0 Å². The summed E-state index contributed by atoms with van der Waals surface area (Å²) in [6.45, 7) is 12.1. The third-order valence-electron chi connectivity index (χ3n) is 5.60. The molecule has 1 spiro atoms. The van der Waals surface area contributed by atoms with Crippen molar-refractivity contribution in [1.82, 2.24) is 0 Å². The third kappa shape index (κ3) is 1.63. The number of rotatable bonds is 0. The quantitative estimate of drug-likeness (QED) is 0.550. The Hall–Kier alpha value is -0.0400. The van der Waals surface area contributed by atoms with Gasteiger partial charge in [0.1, 0.15) is 0 Å². The van der Waals surface area contributed by atoms with Crippen LogP contribution in [0.25, 0.3) is 0 Å². The highest BCUT2D eigenvalue weighted by atomic mass is 15.4. The fourth-order valence-corrected chi connectivity index (χ4v) is 5.64. The van der Waals surface area contributed by atoms with Crippen molar-refractivity contribution in [2.75, 3.05) is 19.6 Å². The number of nitrogens with zero attached hydrogens (tertiary/aromatic N) is 1. The molecule has 3 rings (SSSR count). The second kappa shape index (κ2) is 3.25. The first-order valence-electron chi connectivity index (χ1n) is 7.29. The van der Waals surface area contributed by atoms with Gasteiger partial charge in [-0.2, -0.15) is 0 Å². The molecule has 0 aromatic carbocycles. The second-order valence-electron chi connectivity index (χ2n) is 8.10. The molecule has 92 valence electrons. The lowest BCUT2D eigenvalue weighted by Crippen LogP contribution is -2.55. The predicted octanol–water partition coefficient (Wildman–Crippen LogP) is 3.59. The van der Waals surface area contributed by atoms with Crippen LogP contribution in [0.1, 0.15) is 59.3 Å². The number of piperidine rings is 1. The summed E-state index contributed by atoms with van der Waals surface area (Å²) in [5.41, 5.74) is 1.28. The molecule has 1 saturated carbocycles. The van der Waals surface area contributed by atoms with Crippen molar-refractivity contribution in [3.8, 4) is 0 Å². The number of hydrogen-bond donors (Lipinski definition) is 0. The van der Waals surface area contributed by atoms with Crippen molar-refractivity contribution in [2.45, 2.75) is 65.3 Å². The molecule has 2 saturated heterocycles. The molecule has 2 heterocycles. The maximum atomic E-state index is 2.57. The maximum Gasteiger partial charge on any atom is 0.0903 e. The fourth-order valence-electron chi connectivity index (χ4n) is 5.64. The summed E-state index contributed by atoms with van der Waals surface area (Å²) in [6, 6.07) is 1.01. The first-order valence-corrected chi connectivity index (χ1v) is 7.29. The van der Waals surface area contributed by atoms with Gasteiger partial charge in [0.25, 0.3) is 0 Å². The van der Waals surface area contributed by atoms with Crippen LogP contribution in [0.15, 0.2) is 0 Å². The molecule has 2 aliphatic heterocycles. The molecule has 0 aromatic rings. The van der Waals surface area contributed by atoms with E-state index in [-0.39, 0.29) is 0 Å². The van der Waals surface area contributed by atoms with E-state index in [1.165, 1.54) is 62.6 Å². The largest absolute Gasteiger partial charge is 0.321 e. The van der Waals surface area contributed by atoms with Crippen molar-refractivity contribution < 1.29 is 4.48 Å². The molecule has 16 heavy (non-hydrogen) atoms. The van der Waals surface area contributed by atoms with E-state index in [4.69, 9.17) is 0 Å². The lowest BCUT2D eigenvalue weighted by atomic mass is 9.65. The molecule has 1 aliphatic carbocycles. The molecule has 3 fully saturated rings. The highest BCUT2D eigenvalue weighted by Gasteiger charge is 2.58. The highest BCUT2D eigenvalue weighted by Crippen LogP contribution is 2.56. The number of fused-ring (bicyclic) bond motifs is 3. The van der Waals surface area contributed by atoms with Gasteiger partial charge in [-0.1, -0.05) is 20.8 Å². The smallest absolute Gasteiger partial charge is 0.0903 e. The van der Waals surface area contributed by atoms with Gasteiger partial charge in [0.05, 0.1) is 25.7 Å². The molecule has 1 nitrogen and oxygen atoms in total. The van der Waals surface area contributed by atoms with Crippen LogP contribution in [0.3, 0.4) is 0 Å². The SMILES string of the molecule is CC1(C)CC2CC(C)(C1)C[N+]21CCCCC1. The second-order valence-corrected chi connectivity index (χ2v) is 8.10. The van der Waals surface area contributed by atoms with E-state index in [0.29, 0.717) is 10.8 Å². The van der Waals surface area contributed by atoms with Crippen molar-refractivity contribution in [3.63, 3.8) is 0 Å². The molecular formula is C15H28N+. The van der Waals surface area contributed by atoms with Gasteiger partial charge in [-0.3, -0.25) is 0 Å². The highest BCUT2D eigenvalue weighted by molar-refractivity contribution is 4.97. The van der Waals surface area contributed by atoms with E-state index in [2.05, 4.69) is 20.8 Å². The summed E-state index contributed by atoms with van der Waals surface area (Å²) in [7, 11) is 0. The van der Waals surface area contributed by atoms with Crippen LogP contribution in [0.2, 0.25) is 0 Å². The zero-order valence-corrected chi connectivity index (χ0v) is 11.4. The van der Waals surface area contributed by atoms with Gasteiger partial charge in [-0.15, -0.1) is 0 Å². The van der Waals surface area contributed by atoms with Gasteiger partial charge >= 0.3 is 0 Å². The summed E-state index contributed by atoms with van der Waals surface area (Å²) in [6.07, 6.45) is 8.96. The molecule has 0 N–H and O–H groups in total. The van der Waals surface area contributed by atoms with Crippen LogP contribution < -0.4 is 0 Å². The van der Waals surface area contributed by atoms with Crippen molar-refractivity contribution in [2.24, 2.45) is 10.8 Å². The predicted molar refractivity (Wildman–Crippen MR) is 68.2 cm³/mol. The zero-order chi connectivity index (χ0) is 11.4. The van der Waals surface area contributed by atoms with E-state index in [0.717, 1.165) is 6.04 Å². The molecule has 3 aliphatic rings. The summed E-state index contributed by atoms with van der Waals surface area (Å²) in [5, 5.41) is 0.